The first kappa shape index (κ1) is 24.3. The Hall–Kier alpha value is -3.88. The average Bonchev–Trinajstić information content (AvgIpc) is 2.82. The molecule has 2 aromatic heterocycles. The Labute approximate surface area is 201 Å². The summed E-state index contributed by atoms with van der Waals surface area (Å²) in [6.45, 7) is 1.99. The summed E-state index contributed by atoms with van der Waals surface area (Å²) in [7, 11) is 0. The number of anilines is 1. The van der Waals surface area contributed by atoms with Crippen LogP contribution in [0.1, 0.15) is 52.7 Å². The van der Waals surface area contributed by atoms with E-state index in [1.165, 1.54) is 17.8 Å². The van der Waals surface area contributed by atoms with E-state index >= 15 is 0 Å². The van der Waals surface area contributed by atoms with Crippen LogP contribution in [-0.4, -0.2) is 21.9 Å². The number of carbonyl (C=O) groups excluding carboxylic acids is 1. The summed E-state index contributed by atoms with van der Waals surface area (Å²) >= 11 is 0. The third kappa shape index (κ3) is 6.38. The van der Waals surface area contributed by atoms with Crippen molar-refractivity contribution in [1.82, 2.24) is 15.3 Å². The monoisotopic (exact) mass is 482 g/mol. The minimum atomic E-state index is -4.44. The van der Waals surface area contributed by atoms with Crippen LogP contribution in [0.2, 0.25) is 0 Å². The van der Waals surface area contributed by atoms with Crippen molar-refractivity contribution in [1.29, 1.82) is 0 Å². The molecule has 9 heteroatoms. The highest BCUT2D eigenvalue weighted by molar-refractivity contribution is 5.94. The lowest BCUT2D eigenvalue weighted by atomic mass is 9.89. The van der Waals surface area contributed by atoms with Crippen molar-refractivity contribution >= 4 is 17.8 Å². The predicted molar refractivity (Wildman–Crippen MR) is 127 cm³/mol. The largest absolute Gasteiger partial charge is 0.439 e. The average molecular weight is 483 g/mol. The van der Waals surface area contributed by atoms with E-state index in [0.717, 1.165) is 49.1 Å². The fourth-order valence-corrected chi connectivity index (χ4v) is 3.87. The smallest absolute Gasteiger partial charge is 0.417 e. The van der Waals surface area contributed by atoms with Gasteiger partial charge in [-0.1, -0.05) is 17.7 Å². The standard InChI is InChI=1S/C26H25F3N4O2/c1-16-2-9-22(35-24-11-6-20(15-32-24)26(27,28)29)13-19(16)12-17-3-7-21(8-4-17)33-25(34)18-5-10-23(30)31-14-18/h2,5-6,9-15,21H,3-4,7-8H2,1H3,(H2,30,31)(H,33,34). The van der Waals surface area contributed by atoms with Crippen LogP contribution in [0.5, 0.6) is 11.6 Å². The van der Waals surface area contributed by atoms with Gasteiger partial charge in [0.05, 0.1) is 11.1 Å². The fourth-order valence-electron chi connectivity index (χ4n) is 3.87. The number of ether oxygens (including phenoxy) is 1. The number of hydrogen-bond acceptors (Lipinski definition) is 5. The number of alkyl halides is 3. The highest BCUT2D eigenvalue weighted by atomic mass is 19.4. The molecule has 0 bridgehead atoms. The number of carbonyl (C=O) groups is 1. The number of halogens is 3. The molecule has 0 radical (unpaired) electrons. The highest BCUT2D eigenvalue weighted by Gasteiger charge is 2.30. The van der Waals surface area contributed by atoms with Crippen LogP contribution < -0.4 is 15.8 Å². The first-order valence-corrected chi connectivity index (χ1v) is 11.2. The Kier molecular flexibility index (Phi) is 7.04. The zero-order valence-corrected chi connectivity index (χ0v) is 19.1. The second-order valence-electron chi connectivity index (χ2n) is 8.53. The molecule has 1 aromatic carbocycles. The molecule has 0 aliphatic heterocycles. The van der Waals surface area contributed by atoms with Crippen LogP contribution in [0.25, 0.3) is 6.08 Å². The van der Waals surface area contributed by atoms with Gasteiger partial charge in [0.15, 0.2) is 0 Å². The third-order valence-electron chi connectivity index (χ3n) is 5.91. The molecule has 1 fully saturated rings. The molecule has 0 atom stereocenters. The fraction of sp³-hybridized carbons (Fsp3) is 0.269. The summed E-state index contributed by atoms with van der Waals surface area (Å²) < 4.78 is 43.9. The van der Waals surface area contributed by atoms with E-state index < -0.39 is 11.7 Å². The number of benzene rings is 1. The molecule has 3 N–H and O–H groups in total. The van der Waals surface area contributed by atoms with Crippen LogP contribution in [0, 0.1) is 6.92 Å². The molecule has 2 heterocycles. The van der Waals surface area contributed by atoms with Crippen LogP contribution in [0.3, 0.4) is 0 Å². The van der Waals surface area contributed by atoms with Gasteiger partial charge in [-0.3, -0.25) is 4.79 Å². The molecule has 3 aromatic rings. The number of hydrogen-bond donors (Lipinski definition) is 2. The quantitative estimate of drug-likeness (QED) is 0.470. The number of nitrogens with zero attached hydrogens (tertiary/aromatic N) is 2. The number of allylic oxidation sites excluding steroid dienone is 1. The lowest BCUT2D eigenvalue weighted by Crippen LogP contribution is -2.36. The third-order valence-corrected chi connectivity index (χ3v) is 5.91. The van der Waals surface area contributed by atoms with Crippen molar-refractivity contribution in [3.63, 3.8) is 0 Å². The summed E-state index contributed by atoms with van der Waals surface area (Å²) in [4.78, 5) is 20.1. The van der Waals surface area contributed by atoms with Crippen LogP contribution in [0.4, 0.5) is 19.0 Å². The van der Waals surface area contributed by atoms with Gasteiger partial charge in [-0.15, -0.1) is 0 Å². The maximum atomic E-state index is 12.7. The topological polar surface area (TPSA) is 90.1 Å². The molecule has 1 aliphatic carbocycles. The Morgan fingerprint density at radius 1 is 1.09 bits per heavy atom. The number of nitrogens with one attached hydrogen (secondary N) is 1. The number of nitrogen functional groups attached to an aromatic ring is 1. The molecule has 182 valence electrons. The van der Waals surface area contributed by atoms with Crippen LogP contribution in [-0.2, 0) is 6.18 Å². The van der Waals surface area contributed by atoms with Crippen molar-refractivity contribution in [2.45, 2.75) is 44.8 Å². The summed E-state index contributed by atoms with van der Waals surface area (Å²) in [5.74, 6) is 0.794. The first-order valence-electron chi connectivity index (χ1n) is 11.2. The first-order chi connectivity index (χ1) is 16.7. The second kappa shape index (κ2) is 10.2. The number of aryl methyl sites for hydroxylation is 1. The molecule has 4 rings (SSSR count). The molecule has 0 saturated heterocycles. The van der Waals surface area contributed by atoms with Gasteiger partial charge in [0, 0.05) is 24.5 Å². The number of rotatable bonds is 5. The maximum absolute atomic E-state index is 12.7. The van der Waals surface area contributed by atoms with Gasteiger partial charge in [-0.2, -0.15) is 13.2 Å². The van der Waals surface area contributed by atoms with E-state index in [9.17, 15) is 18.0 Å². The van der Waals surface area contributed by atoms with Crippen molar-refractivity contribution in [2.75, 3.05) is 5.73 Å². The van der Waals surface area contributed by atoms with Gasteiger partial charge >= 0.3 is 6.18 Å². The molecule has 0 spiro atoms. The lowest BCUT2D eigenvalue weighted by Gasteiger charge is -2.25. The molecular formula is C26H25F3N4O2. The number of pyridine rings is 2. The molecule has 1 amide bonds. The molecule has 0 unspecified atom stereocenters. The SMILES string of the molecule is Cc1ccc(Oc2ccc(C(F)(F)F)cn2)cc1C=C1CCC(NC(=O)c2ccc(N)nc2)CC1. The van der Waals surface area contributed by atoms with Gasteiger partial charge in [-0.25, -0.2) is 9.97 Å². The Morgan fingerprint density at radius 3 is 2.49 bits per heavy atom. The van der Waals surface area contributed by atoms with E-state index in [1.807, 2.05) is 19.1 Å². The summed E-state index contributed by atoms with van der Waals surface area (Å²) in [6, 6.07) is 11.0. The second-order valence-corrected chi connectivity index (χ2v) is 8.53. The number of nitrogens with two attached hydrogens (primary N) is 1. The van der Waals surface area contributed by atoms with Crippen molar-refractivity contribution in [3.05, 3.63) is 82.7 Å². The van der Waals surface area contributed by atoms with Crippen LogP contribution >= 0.6 is 0 Å². The van der Waals surface area contributed by atoms with Gasteiger partial charge in [-0.05, 0) is 74.1 Å². The van der Waals surface area contributed by atoms with Crippen LogP contribution in [0.15, 0.2) is 60.4 Å². The van der Waals surface area contributed by atoms with E-state index in [-0.39, 0.29) is 17.8 Å². The molecule has 1 aliphatic rings. The van der Waals surface area contributed by atoms with E-state index in [4.69, 9.17) is 10.5 Å². The summed E-state index contributed by atoms with van der Waals surface area (Å²) in [6.07, 6.45) is 3.24. The van der Waals surface area contributed by atoms with Crippen molar-refractivity contribution in [2.24, 2.45) is 0 Å². The van der Waals surface area contributed by atoms with Crippen molar-refractivity contribution < 1.29 is 22.7 Å². The molecular weight excluding hydrogens is 457 g/mol. The zero-order chi connectivity index (χ0) is 25.0. The van der Waals surface area contributed by atoms with Crippen molar-refractivity contribution in [3.8, 4) is 11.6 Å². The normalized spacial score (nSPS) is 16.0. The van der Waals surface area contributed by atoms with Gasteiger partial charge in [0.2, 0.25) is 5.88 Å². The zero-order valence-electron chi connectivity index (χ0n) is 19.1. The van der Waals surface area contributed by atoms with E-state index in [1.54, 1.807) is 18.2 Å². The van der Waals surface area contributed by atoms with Gasteiger partial charge < -0.3 is 15.8 Å². The van der Waals surface area contributed by atoms with Gasteiger partial charge in [0.1, 0.15) is 11.6 Å². The summed E-state index contributed by atoms with van der Waals surface area (Å²) in [5, 5.41) is 3.06. The highest BCUT2D eigenvalue weighted by Crippen LogP contribution is 2.31. The van der Waals surface area contributed by atoms with E-state index in [2.05, 4.69) is 21.4 Å². The Bertz CT molecular complexity index is 1210. The molecule has 1 saturated carbocycles. The maximum Gasteiger partial charge on any atom is 0.417 e. The minimum Gasteiger partial charge on any atom is -0.439 e. The van der Waals surface area contributed by atoms with E-state index in [0.29, 0.717) is 17.1 Å². The summed E-state index contributed by atoms with van der Waals surface area (Å²) in [5.41, 5.74) is 8.52. The number of amides is 1. The Morgan fingerprint density at radius 2 is 1.86 bits per heavy atom. The molecule has 35 heavy (non-hydrogen) atoms. The predicted octanol–water partition coefficient (Wildman–Crippen LogP) is 5.93. The minimum absolute atomic E-state index is 0.0821. The Balaban J connectivity index is 1.37. The number of aromatic nitrogens is 2. The van der Waals surface area contributed by atoms with Gasteiger partial charge in [0.25, 0.3) is 5.91 Å². The lowest BCUT2D eigenvalue weighted by molar-refractivity contribution is -0.137. The molecule has 6 nitrogen and oxygen atoms in total.